The van der Waals surface area contributed by atoms with Gasteiger partial charge in [-0.2, -0.15) is 10.1 Å². The average Bonchev–Trinajstić information content (AvgIpc) is 1.38. The molecule has 5 aromatic rings. The van der Waals surface area contributed by atoms with Crippen molar-refractivity contribution in [2.24, 2.45) is 35.3 Å². The van der Waals surface area contributed by atoms with Gasteiger partial charge < -0.3 is 114 Å². The van der Waals surface area contributed by atoms with Gasteiger partial charge in [0.05, 0.1) is 155 Å². The Labute approximate surface area is 761 Å². The number of alkyl carbamates (subject to hydrolysis) is 1. The van der Waals surface area contributed by atoms with Gasteiger partial charge in [-0.1, -0.05) is 74.9 Å². The number of aliphatic hydroxyl groups is 2. The van der Waals surface area contributed by atoms with Gasteiger partial charge in [-0.05, 0) is 152 Å². The van der Waals surface area contributed by atoms with Gasteiger partial charge in [0.25, 0.3) is 17.7 Å². The minimum absolute atomic E-state index is 0.00610. The number of unbranched alkanes of at least 4 members (excludes halogenated alkanes) is 2. The molecule has 0 radical (unpaired) electrons. The van der Waals surface area contributed by atoms with Gasteiger partial charge in [0.15, 0.2) is 17.0 Å². The maximum Gasteiger partial charge on any atom is 0.407 e. The topological polar surface area (TPSA) is 495 Å². The molecule has 9 rings (SSSR count). The van der Waals surface area contributed by atoms with E-state index in [-0.39, 0.29) is 86.4 Å². The quantitative estimate of drug-likeness (QED) is 0.00860. The van der Waals surface area contributed by atoms with E-state index in [1.165, 1.54) is 20.5 Å². The summed E-state index contributed by atoms with van der Waals surface area (Å²) in [6.07, 6.45) is 16.4. The molecule has 0 spiro atoms. The predicted molar refractivity (Wildman–Crippen MR) is 480 cm³/mol. The Morgan fingerprint density at radius 2 is 1.41 bits per heavy atom. The largest absolute Gasteiger partial charge is 0.459 e. The van der Waals surface area contributed by atoms with Crippen LogP contribution in [0, 0.1) is 29.6 Å². The van der Waals surface area contributed by atoms with E-state index in [0.29, 0.717) is 234 Å². The lowest BCUT2D eigenvalue weighted by molar-refractivity contribution is -0.264. The number of amides is 3. The summed E-state index contributed by atoms with van der Waals surface area (Å²) in [5.74, 6) is -8.57. The van der Waals surface area contributed by atoms with Crippen molar-refractivity contribution >= 4 is 75.2 Å². The molecule has 3 aliphatic heterocycles. The molecule has 38 heteroatoms. The number of esters is 1. The highest BCUT2D eigenvalue weighted by atomic mass is 16.6. The number of nitrogens with zero attached hydrogens (tertiary/aromatic N) is 9. The minimum atomic E-state index is -2.58. The number of nitrogen functional groups attached to an aromatic ring is 2. The second kappa shape index (κ2) is 55.5. The van der Waals surface area contributed by atoms with E-state index in [1.54, 1.807) is 81.5 Å². The Hall–Kier alpha value is -8.97. The lowest BCUT2D eigenvalue weighted by Gasteiger charge is -2.43. The number of carbonyl (C=O) groups is 7. The van der Waals surface area contributed by atoms with E-state index in [9.17, 15) is 43.8 Å². The van der Waals surface area contributed by atoms with Crippen LogP contribution in [0.5, 0.6) is 0 Å². The van der Waals surface area contributed by atoms with Crippen molar-refractivity contribution in [1.82, 2.24) is 55.3 Å². The molecule has 1 unspecified atom stereocenters. The van der Waals surface area contributed by atoms with E-state index in [4.69, 9.17) is 93.0 Å². The number of cyclic esters (lactones) is 1. The van der Waals surface area contributed by atoms with Gasteiger partial charge in [-0.15, -0.1) is 5.10 Å². The second-order valence-corrected chi connectivity index (χ2v) is 34.0. The number of allylic oxidation sites excluding steroid dienone is 6. The molecule has 3 fully saturated rings. The van der Waals surface area contributed by atoms with Gasteiger partial charge in [0.1, 0.15) is 53.5 Å². The van der Waals surface area contributed by atoms with E-state index < -0.39 is 89.8 Å². The monoisotopic (exact) mass is 1830 g/mol. The number of nitrogens with one attached hydrogen (secondary N) is 2. The molecule has 1 saturated carbocycles. The van der Waals surface area contributed by atoms with E-state index in [2.05, 4.69) is 35.9 Å². The van der Waals surface area contributed by atoms with Crippen LogP contribution in [-0.4, -0.2) is 303 Å². The molecule has 2 bridgehead atoms. The van der Waals surface area contributed by atoms with Crippen LogP contribution >= 0.6 is 0 Å². The summed E-state index contributed by atoms with van der Waals surface area (Å²) in [7, 11) is 4.23. The molecule has 1 aliphatic carbocycles. The minimum Gasteiger partial charge on any atom is -0.459 e. The second-order valence-electron chi connectivity index (χ2n) is 34.0. The van der Waals surface area contributed by atoms with Crippen LogP contribution in [0.25, 0.3) is 33.4 Å². The first-order valence-electron chi connectivity index (χ1n) is 45.9. The van der Waals surface area contributed by atoms with Crippen molar-refractivity contribution in [3.8, 4) is 11.3 Å². The molecule has 7 heterocycles. The Morgan fingerprint density at radius 1 is 0.723 bits per heavy atom. The van der Waals surface area contributed by atoms with Crippen molar-refractivity contribution in [3.63, 3.8) is 0 Å². The number of aryl methyl sites for hydroxylation is 2. The third kappa shape index (κ3) is 33.0. The van der Waals surface area contributed by atoms with Gasteiger partial charge in [0.2, 0.25) is 11.7 Å². The summed E-state index contributed by atoms with van der Waals surface area (Å²) in [6, 6.07) is 2.72. The lowest BCUT2D eigenvalue weighted by Crippen LogP contribution is -2.61. The summed E-state index contributed by atoms with van der Waals surface area (Å²) in [5.41, 5.74) is 24.2. The highest BCUT2D eigenvalue weighted by Gasteiger charge is 2.53. The molecule has 4 aliphatic rings. The molecular weight excluding hydrogens is 1690 g/mol. The zero-order valence-corrected chi connectivity index (χ0v) is 77.1. The number of fused-ring (bicyclic) bond motifs is 5. The number of benzene rings is 1. The Balaban J connectivity index is 0.595. The zero-order valence-electron chi connectivity index (χ0n) is 77.1. The lowest BCUT2D eigenvalue weighted by atomic mass is 9.80. The summed E-state index contributed by atoms with van der Waals surface area (Å²) in [4.78, 5) is 112. The number of hydrogen-bond acceptors (Lipinski definition) is 33. The summed E-state index contributed by atoms with van der Waals surface area (Å²) >= 11 is 0. The van der Waals surface area contributed by atoms with Gasteiger partial charge in [-0.3, -0.25) is 24.0 Å². The van der Waals surface area contributed by atoms with Gasteiger partial charge in [0, 0.05) is 88.9 Å². The number of hydrogen-bond donors (Lipinski definition) is 7. The predicted octanol–water partition coefficient (Wildman–Crippen LogP) is 7.45. The number of nitrogens with two attached hydrogens (primary N) is 3. The van der Waals surface area contributed by atoms with Crippen LogP contribution in [0.3, 0.4) is 0 Å². The number of ketones is 3. The molecule has 3 amide bonds. The molecule has 4 aromatic heterocycles. The number of piperidine rings is 1. The number of aromatic nitrogens is 8. The van der Waals surface area contributed by atoms with Crippen LogP contribution in [0.1, 0.15) is 156 Å². The Bertz CT molecular complexity index is 4460. The fraction of sp³-hybridized carbons (Fsp3) is 0.685. The fourth-order valence-electron chi connectivity index (χ4n) is 16.5. The van der Waals surface area contributed by atoms with Crippen LogP contribution in [-0.2, 0) is 115 Å². The number of rotatable bonds is 45. The summed E-state index contributed by atoms with van der Waals surface area (Å²) < 4.78 is 89.6. The van der Waals surface area contributed by atoms with Crippen molar-refractivity contribution < 1.29 is 115 Å². The van der Waals surface area contributed by atoms with Crippen LogP contribution in [0.4, 0.5) is 16.6 Å². The standard InChI is InChI=1S/C92H140N14O24/c1-60-19-11-10-12-20-61(2)71(100-91(114)118-9)56-69-26-23-65(6)92(115,130-69)85(111)88(112)105-31-16-13-22-73(105)89(113)128-77(57-74(107)62(3)52-64(5)83(110)84(117-8)82(109)63(4)51-60)70(93)53-66-24-27-76(78(54-66)116-7)127-34-18-14-21-68-58-104(103-101-68)33-36-120-38-40-122-42-44-124-46-48-126-50-49-125-47-45-123-43-41-121-39-37-119-35-29-79(108)96-30-15-17-32-106-87-80(86(94)97-59-98-87)81(102-106)67-25-28-75-72(55-67)99-90(95)129-75/h10-12,19-20,25,28,52,55,58-60,62-63,65-66,69-71,73,76-78,83-84,110,115H,13-18,21-24,26-27,29-51,53-54,56-57,93H2,1-9H3,(H2,95,99)(H,96,108)(H,100,114)(H2,94,97,98)/b12-10+,19-11+,61-20+,64-52+/t60-,62-,63-,65-,66+,69+,70-,71?,73+,76-,77+,78-,83-,84+,92-/m1/s1. The zero-order chi connectivity index (χ0) is 93.3. The average molecular weight is 1830 g/mol. The van der Waals surface area contributed by atoms with Crippen LogP contribution in [0.2, 0.25) is 0 Å². The molecule has 130 heavy (non-hydrogen) atoms. The number of aliphatic hydroxyl groups excluding tert-OH is 1. The first-order chi connectivity index (χ1) is 62.8. The van der Waals surface area contributed by atoms with Crippen molar-refractivity contribution in [2.45, 2.75) is 231 Å². The molecule has 2 saturated heterocycles. The van der Waals surface area contributed by atoms with Crippen LogP contribution in [0.15, 0.2) is 82.7 Å². The molecular formula is C92H140N14O24. The third-order valence-corrected chi connectivity index (χ3v) is 24.1. The first kappa shape index (κ1) is 105. The molecule has 15 atom stereocenters. The third-order valence-electron chi connectivity index (χ3n) is 24.1. The maximum atomic E-state index is 14.8. The number of methoxy groups -OCH3 is 3. The maximum absolute atomic E-state index is 14.8. The highest BCUT2D eigenvalue weighted by Crippen LogP contribution is 2.39. The van der Waals surface area contributed by atoms with Gasteiger partial charge in [-0.25, -0.2) is 28.9 Å². The van der Waals surface area contributed by atoms with E-state index >= 15 is 0 Å². The van der Waals surface area contributed by atoms with Crippen molar-refractivity contribution in [2.75, 3.05) is 158 Å². The number of ether oxygens (including phenoxy) is 14. The molecule has 722 valence electrons. The number of anilines is 2. The summed E-state index contributed by atoms with van der Waals surface area (Å²) in [6.45, 7) is 19.0. The fourth-order valence-corrected chi connectivity index (χ4v) is 16.5. The highest BCUT2D eigenvalue weighted by molar-refractivity contribution is 6.39. The van der Waals surface area contributed by atoms with Crippen molar-refractivity contribution in [1.29, 1.82) is 0 Å². The summed E-state index contributed by atoms with van der Waals surface area (Å²) in [5, 5.41) is 43.8. The van der Waals surface area contributed by atoms with Crippen molar-refractivity contribution in [3.05, 3.63) is 84.0 Å². The Morgan fingerprint density at radius 3 is 2.08 bits per heavy atom. The molecule has 38 nitrogen and oxygen atoms in total. The molecule has 1 aromatic carbocycles. The smallest absolute Gasteiger partial charge is 0.407 e. The number of oxazole rings is 1. The first-order valence-corrected chi connectivity index (χ1v) is 45.9. The van der Waals surface area contributed by atoms with Gasteiger partial charge >= 0.3 is 12.1 Å². The Kier molecular flexibility index (Phi) is 44.7. The van der Waals surface area contributed by atoms with E-state index in [1.807, 2.05) is 37.4 Å². The van der Waals surface area contributed by atoms with E-state index in [0.717, 1.165) is 41.8 Å². The number of carbonyl (C=O) groups excluding carboxylic acids is 7. The normalized spacial score (nSPS) is 26.1. The SMILES string of the molecule is COC(=O)NC1C[C@@H]2CC[C@@H](C)[C@@](O)(O2)C(=O)C(=O)N2CCCC[C@H]2C(=O)O[C@H]([C@H](N)C[C@@H]2CC[C@@H](OCCCCc3cn(CCOCCOCCOCCOCCOCCOCCOCCOCCC(=O)NCCCCn4nc(-c5ccc6oc(N)nc6c5)c5c(N)ncnc54)nn3)[C@H](OC)C2)CC(=O)[C@H](C)/C=C(\C)[C@@H](O)[C@@H](OC)C(=O)[C@H](C)C[C@H](C)/C=C/C=C/C=C/1C. The van der Waals surface area contributed by atoms with Crippen LogP contribution < -0.4 is 27.8 Å². The molecule has 10 N–H and O–H groups in total. The number of Topliss-reactive ketones (excluding diaryl/α,β-unsaturated/α-hetero) is 3.